The molecule has 1 heterocycles. The van der Waals surface area contributed by atoms with Gasteiger partial charge in [-0.05, 0) is 37.8 Å². The second kappa shape index (κ2) is 5.97. The minimum Gasteiger partial charge on any atom is -0.320 e. The predicted molar refractivity (Wildman–Crippen MR) is 73.0 cm³/mol. The van der Waals surface area contributed by atoms with Gasteiger partial charge < -0.3 is 5.73 Å². The average molecular weight is 268 g/mol. The van der Waals surface area contributed by atoms with Gasteiger partial charge in [-0.15, -0.1) is 0 Å². The molecule has 2 N–H and O–H groups in total. The summed E-state index contributed by atoms with van der Waals surface area (Å²) in [7, 11) is 0. The highest BCUT2D eigenvalue weighted by atomic mass is 19.3. The number of halogens is 2. The van der Waals surface area contributed by atoms with Gasteiger partial charge in [0.1, 0.15) is 0 Å². The van der Waals surface area contributed by atoms with E-state index in [9.17, 15) is 8.78 Å². The van der Waals surface area contributed by atoms with Gasteiger partial charge in [-0.1, -0.05) is 30.3 Å². The molecule has 0 saturated carbocycles. The van der Waals surface area contributed by atoms with Crippen LogP contribution in [0.3, 0.4) is 0 Å². The van der Waals surface area contributed by atoms with E-state index in [4.69, 9.17) is 5.73 Å². The number of hydrogen-bond donors (Lipinski definition) is 1. The summed E-state index contributed by atoms with van der Waals surface area (Å²) in [5, 5.41) is 0. The number of nitrogens with zero attached hydrogens (tertiary/aromatic N) is 1. The Bertz CT molecular complexity index is 392. The number of hydrogen-bond acceptors (Lipinski definition) is 2. The van der Waals surface area contributed by atoms with Crippen molar-refractivity contribution in [2.45, 2.75) is 38.3 Å². The molecule has 19 heavy (non-hydrogen) atoms. The minimum atomic E-state index is -2.46. The number of piperidine rings is 1. The van der Waals surface area contributed by atoms with Crippen molar-refractivity contribution >= 4 is 0 Å². The summed E-state index contributed by atoms with van der Waals surface area (Å²) in [5.41, 5.74) is 5.65. The number of benzene rings is 1. The minimum absolute atomic E-state index is 0.134. The van der Waals surface area contributed by atoms with Crippen LogP contribution in [-0.4, -0.2) is 30.0 Å². The van der Waals surface area contributed by atoms with Gasteiger partial charge in [-0.25, -0.2) is 8.78 Å². The first kappa shape index (κ1) is 14.4. The molecular formula is C15H22F2N2. The highest BCUT2D eigenvalue weighted by Crippen LogP contribution is 2.30. The third-order valence-electron chi connectivity index (χ3n) is 4.10. The van der Waals surface area contributed by atoms with Crippen molar-refractivity contribution in [3.63, 3.8) is 0 Å². The summed E-state index contributed by atoms with van der Waals surface area (Å²) in [6.07, 6.45) is -0.728. The summed E-state index contributed by atoms with van der Waals surface area (Å²) >= 11 is 0. The fraction of sp³-hybridized carbons (Fsp3) is 0.600. The van der Waals surface area contributed by atoms with Crippen LogP contribution in [0.1, 0.15) is 25.3 Å². The maximum Gasteiger partial charge on any atom is 0.256 e. The Morgan fingerprint density at radius 2 is 2.05 bits per heavy atom. The number of alkyl halides is 2. The van der Waals surface area contributed by atoms with E-state index >= 15 is 0 Å². The Hall–Kier alpha value is -1.00. The molecule has 1 aromatic carbocycles. The van der Waals surface area contributed by atoms with Gasteiger partial charge in [0, 0.05) is 13.1 Å². The van der Waals surface area contributed by atoms with Crippen LogP contribution in [0.2, 0.25) is 0 Å². The lowest BCUT2D eigenvalue weighted by Gasteiger charge is -2.40. The Kier molecular flexibility index (Phi) is 4.53. The normalized spacial score (nSPS) is 24.4. The van der Waals surface area contributed by atoms with Crippen LogP contribution >= 0.6 is 0 Å². The molecule has 4 heteroatoms. The molecule has 2 nitrogen and oxygen atoms in total. The maximum absolute atomic E-state index is 13.0. The largest absolute Gasteiger partial charge is 0.320 e. The van der Waals surface area contributed by atoms with E-state index in [1.165, 1.54) is 12.5 Å². The third-order valence-corrected chi connectivity index (χ3v) is 4.10. The number of likely N-dealkylation sites (tertiary alicyclic amines) is 1. The van der Waals surface area contributed by atoms with Gasteiger partial charge in [-0.3, -0.25) is 4.90 Å². The van der Waals surface area contributed by atoms with Crippen molar-refractivity contribution in [1.82, 2.24) is 4.90 Å². The Morgan fingerprint density at radius 1 is 1.37 bits per heavy atom. The third kappa shape index (κ3) is 3.51. The summed E-state index contributed by atoms with van der Waals surface area (Å²) in [5.74, 6) is -0.134. The highest BCUT2D eigenvalue weighted by Gasteiger charge is 2.40. The molecule has 1 aromatic rings. The van der Waals surface area contributed by atoms with E-state index in [-0.39, 0.29) is 5.92 Å². The summed E-state index contributed by atoms with van der Waals surface area (Å²) in [6, 6.07) is 10.1. The van der Waals surface area contributed by atoms with Crippen molar-refractivity contribution in [2.24, 2.45) is 11.7 Å². The Morgan fingerprint density at radius 3 is 2.68 bits per heavy atom. The van der Waals surface area contributed by atoms with Gasteiger partial charge >= 0.3 is 0 Å². The van der Waals surface area contributed by atoms with Crippen LogP contribution in [0.5, 0.6) is 0 Å². The molecule has 2 rings (SSSR count). The number of nitrogens with two attached hydrogens (primary N) is 1. The van der Waals surface area contributed by atoms with Gasteiger partial charge in [0.2, 0.25) is 0 Å². The molecule has 0 aromatic heterocycles. The molecule has 1 aliphatic heterocycles. The maximum atomic E-state index is 13.0. The molecule has 2 atom stereocenters. The molecule has 0 amide bonds. The molecule has 106 valence electrons. The zero-order chi connectivity index (χ0) is 13.9. The highest BCUT2D eigenvalue weighted by molar-refractivity contribution is 5.14. The predicted octanol–water partition coefficient (Wildman–Crippen LogP) is 2.88. The van der Waals surface area contributed by atoms with Gasteiger partial charge in [0.15, 0.2) is 0 Å². The van der Waals surface area contributed by atoms with E-state index in [1.54, 1.807) is 0 Å². The molecule has 2 unspecified atom stereocenters. The second-order valence-corrected chi connectivity index (χ2v) is 5.73. The summed E-state index contributed by atoms with van der Waals surface area (Å²) in [6.45, 7) is 3.92. The zero-order valence-corrected chi connectivity index (χ0v) is 11.4. The van der Waals surface area contributed by atoms with Crippen LogP contribution < -0.4 is 5.73 Å². The monoisotopic (exact) mass is 268 g/mol. The first-order chi connectivity index (χ1) is 9.00. The van der Waals surface area contributed by atoms with Crippen LogP contribution in [-0.2, 0) is 6.54 Å². The first-order valence-corrected chi connectivity index (χ1v) is 6.83. The van der Waals surface area contributed by atoms with E-state index < -0.39 is 12.0 Å². The number of rotatable bonds is 4. The fourth-order valence-corrected chi connectivity index (χ4v) is 2.73. The van der Waals surface area contributed by atoms with E-state index in [0.717, 1.165) is 25.9 Å². The average Bonchev–Trinajstić information content (AvgIpc) is 2.40. The SMILES string of the molecule is CC(N)(C(F)F)C1CCCN(Cc2ccccc2)C1. The summed E-state index contributed by atoms with van der Waals surface area (Å²) < 4.78 is 26.0. The van der Waals surface area contributed by atoms with Crippen molar-refractivity contribution in [2.75, 3.05) is 13.1 Å². The fourth-order valence-electron chi connectivity index (χ4n) is 2.73. The topological polar surface area (TPSA) is 29.3 Å². The first-order valence-electron chi connectivity index (χ1n) is 6.83. The second-order valence-electron chi connectivity index (χ2n) is 5.73. The van der Waals surface area contributed by atoms with Crippen LogP contribution in [0.4, 0.5) is 8.78 Å². The molecule has 0 spiro atoms. The Balaban J connectivity index is 1.98. The van der Waals surface area contributed by atoms with Gasteiger partial charge in [-0.2, -0.15) is 0 Å². The summed E-state index contributed by atoms with van der Waals surface area (Å²) in [4.78, 5) is 2.23. The van der Waals surface area contributed by atoms with E-state index in [2.05, 4.69) is 17.0 Å². The Labute approximate surface area is 113 Å². The van der Waals surface area contributed by atoms with Gasteiger partial charge in [0.05, 0.1) is 5.54 Å². The molecule has 1 aliphatic rings. The van der Waals surface area contributed by atoms with Crippen molar-refractivity contribution < 1.29 is 8.78 Å². The van der Waals surface area contributed by atoms with Crippen LogP contribution in [0.25, 0.3) is 0 Å². The van der Waals surface area contributed by atoms with Crippen LogP contribution in [0.15, 0.2) is 30.3 Å². The smallest absolute Gasteiger partial charge is 0.256 e. The molecule has 0 bridgehead atoms. The molecule has 1 fully saturated rings. The van der Waals surface area contributed by atoms with Crippen molar-refractivity contribution in [3.8, 4) is 0 Å². The lowest BCUT2D eigenvalue weighted by molar-refractivity contribution is 0.000791. The van der Waals surface area contributed by atoms with E-state index in [0.29, 0.717) is 6.54 Å². The molecule has 0 radical (unpaired) electrons. The molecule has 1 saturated heterocycles. The molecular weight excluding hydrogens is 246 g/mol. The zero-order valence-electron chi connectivity index (χ0n) is 11.4. The van der Waals surface area contributed by atoms with E-state index in [1.807, 2.05) is 18.2 Å². The standard InChI is InChI=1S/C15H22F2N2/c1-15(18,14(16)17)13-8-5-9-19(11-13)10-12-6-3-2-4-7-12/h2-4,6-7,13-14H,5,8-11,18H2,1H3. The van der Waals surface area contributed by atoms with Crippen LogP contribution in [0, 0.1) is 5.92 Å². The molecule has 0 aliphatic carbocycles. The lowest BCUT2D eigenvalue weighted by Crippen LogP contribution is -2.55. The van der Waals surface area contributed by atoms with Gasteiger partial charge in [0.25, 0.3) is 6.43 Å². The lowest BCUT2D eigenvalue weighted by atomic mass is 9.81. The van der Waals surface area contributed by atoms with Crippen molar-refractivity contribution in [3.05, 3.63) is 35.9 Å². The quantitative estimate of drug-likeness (QED) is 0.910. The van der Waals surface area contributed by atoms with Crippen molar-refractivity contribution in [1.29, 1.82) is 0 Å².